The molecule has 152 valence electrons. The molecule has 5 nitrogen and oxygen atoms in total. The number of likely N-dealkylation sites (tertiary alicyclic amines) is 1. The first kappa shape index (κ1) is 19.8. The summed E-state index contributed by atoms with van der Waals surface area (Å²) < 4.78 is 0. The van der Waals surface area contributed by atoms with E-state index in [9.17, 15) is 9.59 Å². The van der Waals surface area contributed by atoms with Crippen molar-refractivity contribution in [2.45, 2.75) is 19.4 Å². The van der Waals surface area contributed by atoms with E-state index in [2.05, 4.69) is 22.4 Å². The first-order valence-electron chi connectivity index (χ1n) is 10.3. The molecule has 3 aromatic rings. The molecule has 2 aromatic carbocycles. The number of aromatic nitrogens is 1. The lowest BCUT2D eigenvalue weighted by Crippen LogP contribution is -2.42. The zero-order chi connectivity index (χ0) is 20.8. The summed E-state index contributed by atoms with van der Waals surface area (Å²) in [5.74, 6) is 0.0353. The third-order valence-electron chi connectivity index (χ3n) is 5.58. The van der Waals surface area contributed by atoms with E-state index in [0.29, 0.717) is 38.0 Å². The number of piperidine rings is 1. The van der Waals surface area contributed by atoms with Crippen molar-refractivity contribution >= 4 is 11.8 Å². The number of hydrogen-bond acceptors (Lipinski definition) is 3. The molecule has 1 N–H and O–H groups in total. The van der Waals surface area contributed by atoms with Crippen LogP contribution < -0.4 is 5.32 Å². The number of nitrogens with one attached hydrogen (secondary N) is 1. The number of carbonyl (C=O) groups is 2. The van der Waals surface area contributed by atoms with Crippen LogP contribution in [-0.4, -0.2) is 34.8 Å². The van der Waals surface area contributed by atoms with E-state index < -0.39 is 0 Å². The fraction of sp³-hybridized carbons (Fsp3) is 0.240. The highest BCUT2D eigenvalue weighted by Crippen LogP contribution is 2.22. The van der Waals surface area contributed by atoms with Crippen LogP contribution in [0.3, 0.4) is 0 Å². The van der Waals surface area contributed by atoms with Crippen LogP contribution in [0.1, 0.15) is 28.8 Å². The lowest BCUT2D eigenvalue weighted by Gasteiger charge is -2.31. The second kappa shape index (κ2) is 9.35. The van der Waals surface area contributed by atoms with Gasteiger partial charge in [-0.15, -0.1) is 0 Å². The normalized spacial score (nSPS) is 14.3. The average molecular weight is 399 g/mol. The minimum Gasteiger partial charge on any atom is -0.352 e. The van der Waals surface area contributed by atoms with Crippen molar-refractivity contribution in [3.63, 3.8) is 0 Å². The molecule has 4 rings (SSSR count). The molecule has 0 spiro atoms. The third kappa shape index (κ3) is 4.74. The molecular weight excluding hydrogens is 374 g/mol. The summed E-state index contributed by atoms with van der Waals surface area (Å²) in [5, 5.41) is 2.98. The Morgan fingerprint density at radius 2 is 1.60 bits per heavy atom. The van der Waals surface area contributed by atoms with Crippen molar-refractivity contribution in [2.24, 2.45) is 5.92 Å². The van der Waals surface area contributed by atoms with Crippen molar-refractivity contribution in [1.29, 1.82) is 0 Å². The van der Waals surface area contributed by atoms with E-state index in [1.807, 2.05) is 59.5 Å². The molecule has 0 saturated carbocycles. The lowest BCUT2D eigenvalue weighted by atomic mass is 9.95. The van der Waals surface area contributed by atoms with Gasteiger partial charge in [-0.2, -0.15) is 0 Å². The molecule has 1 aliphatic heterocycles. The summed E-state index contributed by atoms with van der Waals surface area (Å²) in [6.07, 6.45) is 4.84. The number of hydrogen-bond donors (Lipinski definition) is 1. The van der Waals surface area contributed by atoms with Gasteiger partial charge in [0.15, 0.2) is 0 Å². The van der Waals surface area contributed by atoms with Crippen molar-refractivity contribution in [2.75, 3.05) is 13.1 Å². The topological polar surface area (TPSA) is 62.3 Å². The Morgan fingerprint density at radius 3 is 2.27 bits per heavy atom. The molecule has 1 fully saturated rings. The Balaban J connectivity index is 1.29. The van der Waals surface area contributed by atoms with Gasteiger partial charge in [0.2, 0.25) is 5.91 Å². The van der Waals surface area contributed by atoms with Crippen LogP contribution in [0.15, 0.2) is 79.1 Å². The predicted octanol–water partition coefficient (Wildman–Crippen LogP) is 3.92. The summed E-state index contributed by atoms with van der Waals surface area (Å²) >= 11 is 0. The Bertz CT molecular complexity index is 980. The molecular formula is C25H25N3O2. The van der Waals surface area contributed by atoms with E-state index >= 15 is 0 Å². The average Bonchev–Trinajstić information content (AvgIpc) is 2.83. The number of amides is 2. The first-order chi connectivity index (χ1) is 14.7. The first-order valence-corrected chi connectivity index (χ1v) is 10.3. The summed E-state index contributed by atoms with van der Waals surface area (Å²) in [4.78, 5) is 31.2. The Morgan fingerprint density at radius 1 is 0.900 bits per heavy atom. The highest BCUT2D eigenvalue weighted by atomic mass is 16.2. The van der Waals surface area contributed by atoms with Crippen LogP contribution in [0.25, 0.3) is 11.1 Å². The highest BCUT2D eigenvalue weighted by Gasteiger charge is 2.27. The molecule has 0 unspecified atom stereocenters. The largest absolute Gasteiger partial charge is 0.352 e. The van der Waals surface area contributed by atoms with Crippen molar-refractivity contribution in [3.8, 4) is 11.1 Å². The van der Waals surface area contributed by atoms with E-state index in [-0.39, 0.29) is 17.7 Å². The quantitative estimate of drug-likeness (QED) is 0.707. The molecule has 2 heterocycles. The Kier molecular flexibility index (Phi) is 6.18. The summed E-state index contributed by atoms with van der Waals surface area (Å²) in [6, 6.07) is 21.7. The van der Waals surface area contributed by atoms with Gasteiger partial charge in [0.05, 0.1) is 0 Å². The molecule has 1 saturated heterocycles. The molecule has 1 aliphatic rings. The van der Waals surface area contributed by atoms with Gasteiger partial charge in [-0.1, -0.05) is 48.5 Å². The SMILES string of the molecule is O=C(NCc1cccnc1)C1CCN(C(=O)c2ccc(-c3ccccc3)cc2)CC1. The fourth-order valence-electron chi connectivity index (χ4n) is 3.80. The maximum atomic E-state index is 12.9. The number of carbonyl (C=O) groups excluding carboxylic acids is 2. The summed E-state index contributed by atoms with van der Waals surface area (Å²) in [6.45, 7) is 1.69. The van der Waals surface area contributed by atoms with Crippen LogP contribution >= 0.6 is 0 Å². The second-order valence-electron chi connectivity index (χ2n) is 7.59. The zero-order valence-corrected chi connectivity index (χ0v) is 16.8. The van der Waals surface area contributed by atoms with Gasteiger partial charge < -0.3 is 10.2 Å². The number of pyridine rings is 1. The van der Waals surface area contributed by atoms with E-state index in [1.165, 1.54) is 0 Å². The minimum absolute atomic E-state index is 0.0313. The molecule has 1 aromatic heterocycles. The van der Waals surface area contributed by atoms with Crippen LogP contribution in [0.5, 0.6) is 0 Å². The molecule has 5 heteroatoms. The minimum atomic E-state index is -0.0498. The Labute approximate surface area is 176 Å². The lowest BCUT2D eigenvalue weighted by molar-refractivity contribution is -0.126. The van der Waals surface area contributed by atoms with E-state index in [1.54, 1.807) is 12.4 Å². The van der Waals surface area contributed by atoms with Gasteiger partial charge in [0, 0.05) is 43.5 Å². The van der Waals surface area contributed by atoms with Gasteiger partial charge in [-0.05, 0) is 47.7 Å². The number of rotatable bonds is 5. The molecule has 0 atom stereocenters. The zero-order valence-electron chi connectivity index (χ0n) is 16.8. The molecule has 0 radical (unpaired) electrons. The van der Waals surface area contributed by atoms with Crippen LogP contribution in [0.4, 0.5) is 0 Å². The molecule has 30 heavy (non-hydrogen) atoms. The highest BCUT2D eigenvalue weighted by molar-refractivity contribution is 5.95. The molecule has 0 aliphatic carbocycles. The fourth-order valence-corrected chi connectivity index (χ4v) is 3.80. The van der Waals surface area contributed by atoms with Crippen LogP contribution in [-0.2, 0) is 11.3 Å². The van der Waals surface area contributed by atoms with Crippen LogP contribution in [0.2, 0.25) is 0 Å². The van der Waals surface area contributed by atoms with Crippen LogP contribution in [0, 0.1) is 5.92 Å². The van der Waals surface area contributed by atoms with Gasteiger partial charge in [-0.25, -0.2) is 0 Å². The standard InChI is InChI=1S/C25H25N3O2/c29-24(27-18-19-5-4-14-26-17-19)22-12-15-28(16-13-22)25(30)23-10-8-21(9-11-23)20-6-2-1-3-7-20/h1-11,14,17,22H,12-13,15-16,18H2,(H,27,29). The van der Waals surface area contributed by atoms with Crippen molar-refractivity contribution in [3.05, 3.63) is 90.3 Å². The van der Waals surface area contributed by atoms with Gasteiger partial charge in [0.25, 0.3) is 5.91 Å². The number of nitrogens with zero attached hydrogens (tertiary/aromatic N) is 2. The summed E-state index contributed by atoms with van der Waals surface area (Å²) in [7, 11) is 0. The molecule has 0 bridgehead atoms. The van der Waals surface area contributed by atoms with E-state index in [4.69, 9.17) is 0 Å². The third-order valence-corrected chi connectivity index (χ3v) is 5.58. The van der Waals surface area contributed by atoms with Gasteiger partial charge in [0.1, 0.15) is 0 Å². The number of benzene rings is 2. The predicted molar refractivity (Wildman–Crippen MR) is 117 cm³/mol. The monoisotopic (exact) mass is 399 g/mol. The maximum absolute atomic E-state index is 12.9. The Hall–Kier alpha value is -3.47. The van der Waals surface area contributed by atoms with Crippen molar-refractivity contribution < 1.29 is 9.59 Å². The van der Waals surface area contributed by atoms with Gasteiger partial charge in [-0.3, -0.25) is 14.6 Å². The van der Waals surface area contributed by atoms with E-state index in [0.717, 1.165) is 16.7 Å². The van der Waals surface area contributed by atoms with Crippen molar-refractivity contribution in [1.82, 2.24) is 15.2 Å². The smallest absolute Gasteiger partial charge is 0.253 e. The molecule has 2 amide bonds. The summed E-state index contributed by atoms with van der Waals surface area (Å²) in [5.41, 5.74) is 3.90. The maximum Gasteiger partial charge on any atom is 0.253 e. The second-order valence-corrected chi connectivity index (χ2v) is 7.59. The van der Waals surface area contributed by atoms with Gasteiger partial charge >= 0.3 is 0 Å².